The van der Waals surface area contributed by atoms with Gasteiger partial charge in [0.25, 0.3) is 0 Å². The molecule has 0 N–H and O–H groups in total. The normalized spacial score (nSPS) is 16.4. The summed E-state index contributed by atoms with van der Waals surface area (Å²) in [5, 5.41) is 4.23. The molecule has 0 atom stereocenters. The molecule has 4 aromatic heterocycles. The summed E-state index contributed by atoms with van der Waals surface area (Å²) in [6, 6.07) is 11.3. The van der Waals surface area contributed by atoms with Gasteiger partial charge in [0.15, 0.2) is 0 Å². The zero-order chi connectivity index (χ0) is 23.6. The molecule has 0 saturated carbocycles. The molecule has 0 amide bonds. The molecule has 0 spiro atoms. The molecule has 2 aliphatic carbocycles. The van der Waals surface area contributed by atoms with Crippen molar-refractivity contribution in [3.05, 3.63) is 81.0 Å². The zero-order valence-corrected chi connectivity index (χ0v) is 22.3. The van der Waals surface area contributed by atoms with Gasteiger partial charge in [-0.15, -0.1) is 45.3 Å². The van der Waals surface area contributed by atoms with Crippen LogP contribution in [-0.2, 0) is 10.8 Å². The minimum absolute atomic E-state index is 0.112. The monoisotopic (exact) mass is 522 g/mol. The number of fused-ring (bicyclic) bond motifs is 6. The Balaban J connectivity index is 1.33. The van der Waals surface area contributed by atoms with Crippen molar-refractivity contribution in [2.24, 2.45) is 0 Å². The van der Waals surface area contributed by atoms with Crippen LogP contribution in [-0.4, -0.2) is 0 Å². The molecule has 0 bridgehead atoms. The Labute approximate surface area is 213 Å². The van der Waals surface area contributed by atoms with Crippen LogP contribution in [0.25, 0.3) is 40.4 Å². The average molecular weight is 523 g/mol. The number of benzene rings is 1. The third-order valence-electron chi connectivity index (χ3n) is 7.49. The van der Waals surface area contributed by atoms with Crippen LogP contribution in [0, 0.1) is 11.6 Å². The van der Waals surface area contributed by atoms with Crippen LogP contribution in [0.15, 0.2) is 47.2 Å². The van der Waals surface area contributed by atoms with Crippen LogP contribution < -0.4 is 0 Å². The van der Waals surface area contributed by atoms with E-state index in [1.54, 1.807) is 45.3 Å². The van der Waals surface area contributed by atoms with Gasteiger partial charge in [0.2, 0.25) is 0 Å². The van der Waals surface area contributed by atoms with Gasteiger partial charge in [-0.05, 0) is 69.4 Å². The molecular formula is C28H20F2S4. The van der Waals surface area contributed by atoms with E-state index in [1.165, 1.54) is 53.9 Å². The van der Waals surface area contributed by atoms with Crippen molar-refractivity contribution in [3.63, 3.8) is 0 Å². The van der Waals surface area contributed by atoms with Crippen LogP contribution in [0.2, 0.25) is 0 Å². The fraction of sp³-hybridized carbons (Fsp3) is 0.214. The van der Waals surface area contributed by atoms with Gasteiger partial charge >= 0.3 is 0 Å². The molecular weight excluding hydrogens is 503 g/mol. The van der Waals surface area contributed by atoms with Crippen molar-refractivity contribution in [2.45, 2.75) is 38.5 Å². The van der Waals surface area contributed by atoms with Crippen LogP contribution in [0.1, 0.15) is 49.9 Å². The minimum atomic E-state index is -0.370. The van der Waals surface area contributed by atoms with E-state index in [-0.39, 0.29) is 22.5 Å². The van der Waals surface area contributed by atoms with Gasteiger partial charge in [0, 0.05) is 51.2 Å². The molecule has 4 heterocycles. The second-order valence-corrected chi connectivity index (χ2v) is 14.0. The highest BCUT2D eigenvalue weighted by molar-refractivity contribution is 7.24. The second-order valence-electron chi connectivity index (χ2n) is 10.1. The number of rotatable bonds is 2. The summed E-state index contributed by atoms with van der Waals surface area (Å²) in [4.78, 5) is 6.49. The highest BCUT2D eigenvalue weighted by Gasteiger charge is 2.40. The molecule has 0 fully saturated rings. The Hall–Kier alpha value is -2.12. The van der Waals surface area contributed by atoms with Gasteiger partial charge in [-0.2, -0.15) is 0 Å². The molecule has 0 radical (unpaired) electrons. The van der Waals surface area contributed by atoms with Crippen LogP contribution >= 0.6 is 45.3 Å². The maximum absolute atomic E-state index is 15.5. The first-order valence-corrected chi connectivity index (χ1v) is 14.5. The molecule has 34 heavy (non-hydrogen) atoms. The van der Waals surface area contributed by atoms with Gasteiger partial charge in [0.05, 0.1) is 0 Å². The largest absolute Gasteiger partial charge is 0.206 e. The number of thiophene rings is 4. The first-order chi connectivity index (χ1) is 16.2. The molecule has 0 saturated heterocycles. The summed E-state index contributed by atoms with van der Waals surface area (Å²) >= 11 is 6.59. The lowest BCUT2D eigenvalue weighted by molar-refractivity contribution is 0.606. The van der Waals surface area contributed by atoms with E-state index in [2.05, 4.69) is 62.7 Å². The van der Waals surface area contributed by atoms with E-state index < -0.39 is 0 Å². The van der Waals surface area contributed by atoms with Gasteiger partial charge in [0.1, 0.15) is 11.6 Å². The van der Waals surface area contributed by atoms with Crippen molar-refractivity contribution >= 4 is 45.3 Å². The quantitative estimate of drug-likeness (QED) is 0.216. The summed E-state index contributed by atoms with van der Waals surface area (Å²) in [5.74, 6) is -0.740. The van der Waals surface area contributed by atoms with E-state index in [0.29, 0.717) is 11.1 Å². The Morgan fingerprint density at radius 2 is 0.971 bits per heavy atom. The number of hydrogen-bond donors (Lipinski definition) is 0. The van der Waals surface area contributed by atoms with Crippen LogP contribution in [0.3, 0.4) is 0 Å². The Morgan fingerprint density at radius 3 is 1.38 bits per heavy atom. The molecule has 1 aromatic carbocycles. The lowest BCUT2D eigenvalue weighted by Crippen LogP contribution is -2.13. The third kappa shape index (κ3) is 2.60. The van der Waals surface area contributed by atoms with E-state index in [0.717, 1.165) is 9.75 Å². The summed E-state index contributed by atoms with van der Waals surface area (Å²) in [6.07, 6.45) is 0. The summed E-state index contributed by atoms with van der Waals surface area (Å²) in [6.45, 7) is 8.82. The summed E-state index contributed by atoms with van der Waals surface area (Å²) < 4.78 is 31.0. The Bertz CT molecular complexity index is 1510. The molecule has 0 nitrogen and oxygen atoms in total. The van der Waals surface area contributed by atoms with E-state index in [9.17, 15) is 0 Å². The summed E-state index contributed by atoms with van der Waals surface area (Å²) in [7, 11) is 0. The van der Waals surface area contributed by atoms with Crippen molar-refractivity contribution in [2.75, 3.05) is 0 Å². The fourth-order valence-corrected chi connectivity index (χ4v) is 10.6. The number of hydrogen-bond acceptors (Lipinski definition) is 4. The van der Waals surface area contributed by atoms with Crippen molar-refractivity contribution < 1.29 is 8.78 Å². The molecule has 7 rings (SSSR count). The Morgan fingerprint density at radius 1 is 0.559 bits per heavy atom. The summed E-state index contributed by atoms with van der Waals surface area (Å²) in [5.41, 5.74) is 5.55. The van der Waals surface area contributed by atoms with Crippen molar-refractivity contribution in [1.29, 1.82) is 0 Å². The van der Waals surface area contributed by atoms with Crippen LogP contribution in [0.4, 0.5) is 8.78 Å². The predicted octanol–water partition coefficient (Wildman–Crippen LogP) is 10.2. The Kier molecular flexibility index (Phi) is 4.21. The fourth-order valence-electron chi connectivity index (χ4n) is 5.48. The minimum Gasteiger partial charge on any atom is -0.206 e. The van der Waals surface area contributed by atoms with E-state index in [1.807, 2.05) is 0 Å². The topological polar surface area (TPSA) is 0 Å². The highest BCUT2D eigenvalue weighted by Crippen LogP contribution is 2.58. The van der Waals surface area contributed by atoms with Gasteiger partial charge in [-0.3, -0.25) is 0 Å². The van der Waals surface area contributed by atoms with Crippen molar-refractivity contribution in [3.8, 4) is 40.4 Å². The van der Waals surface area contributed by atoms with Gasteiger partial charge < -0.3 is 0 Å². The second kappa shape index (κ2) is 6.76. The standard InChI is InChI=1S/C28H20F2S4/c1-27(2)15-5-7-31-23(15)25-17(27)11-21(33-25)13-9-20(30)14(10-19(13)29)22-12-18-26(34-22)24-16(6-8-32-24)28(18,3)4/h5-12H,1-4H3. The SMILES string of the molecule is CC1(C)c2ccsc2-c2sc(-c3cc(F)c(-c4cc5c(s4)-c4sccc4C5(C)C)cc3F)cc21. The maximum Gasteiger partial charge on any atom is 0.132 e. The predicted molar refractivity (Wildman–Crippen MR) is 144 cm³/mol. The third-order valence-corrected chi connectivity index (χ3v) is 12.0. The van der Waals surface area contributed by atoms with E-state index >= 15 is 8.78 Å². The lowest BCUT2D eigenvalue weighted by atomic mass is 9.84. The maximum atomic E-state index is 15.5. The number of halogens is 2. The lowest BCUT2D eigenvalue weighted by Gasteiger charge is -2.19. The zero-order valence-electron chi connectivity index (χ0n) is 19.0. The molecule has 2 aliphatic rings. The molecule has 5 aromatic rings. The van der Waals surface area contributed by atoms with Crippen molar-refractivity contribution in [1.82, 2.24) is 0 Å². The molecule has 0 aliphatic heterocycles. The highest BCUT2D eigenvalue weighted by atomic mass is 32.1. The first-order valence-electron chi connectivity index (χ1n) is 11.1. The molecule has 170 valence electrons. The molecule has 0 unspecified atom stereocenters. The smallest absolute Gasteiger partial charge is 0.132 e. The van der Waals surface area contributed by atoms with Crippen LogP contribution in [0.5, 0.6) is 0 Å². The van der Waals surface area contributed by atoms with E-state index in [4.69, 9.17) is 0 Å². The first kappa shape index (κ1) is 21.2. The van der Waals surface area contributed by atoms with Gasteiger partial charge in [-0.1, -0.05) is 27.7 Å². The molecule has 6 heteroatoms. The van der Waals surface area contributed by atoms with Gasteiger partial charge in [-0.25, -0.2) is 8.78 Å². The average Bonchev–Trinajstić information content (AvgIpc) is 3.59.